The summed E-state index contributed by atoms with van der Waals surface area (Å²) in [5, 5.41) is 1.07. The highest BCUT2D eigenvalue weighted by molar-refractivity contribution is 5.88. The molecule has 0 spiro atoms. The molecule has 0 saturated heterocycles. The smallest absolute Gasteiger partial charge is 0.138 e. The lowest BCUT2D eigenvalue weighted by Gasteiger charge is -2.12. The topological polar surface area (TPSA) is 22.1 Å². The van der Waals surface area contributed by atoms with Crippen molar-refractivity contribution >= 4 is 10.9 Å². The Morgan fingerprint density at radius 2 is 1.68 bits per heavy atom. The van der Waals surface area contributed by atoms with Crippen molar-refractivity contribution in [2.24, 2.45) is 0 Å². The summed E-state index contributed by atoms with van der Waals surface area (Å²) >= 11 is 0. The molecule has 0 aliphatic carbocycles. The van der Waals surface area contributed by atoms with Gasteiger partial charge >= 0.3 is 0 Å². The van der Waals surface area contributed by atoms with Gasteiger partial charge in [-0.25, -0.2) is 0 Å². The molecule has 0 bridgehead atoms. The van der Waals surface area contributed by atoms with Crippen molar-refractivity contribution in [2.45, 2.75) is 34.1 Å². The number of hydrogen-bond donors (Lipinski definition) is 0. The molecule has 0 atom stereocenters. The van der Waals surface area contributed by atoms with Gasteiger partial charge in [0.15, 0.2) is 0 Å². The van der Waals surface area contributed by atoms with E-state index in [1.807, 2.05) is 25.1 Å². The van der Waals surface area contributed by atoms with Crippen molar-refractivity contribution in [3.63, 3.8) is 0 Å². The minimum Gasteiger partial charge on any atom is -0.457 e. The number of aromatic nitrogens is 1. The van der Waals surface area contributed by atoms with Crippen LogP contribution in [0.15, 0.2) is 42.5 Å². The Labute approximate surface area is 131 Å². The summed E-state index contributed by atoms with van der Waals surface area (Å²) in [6.45, 7) is 8.36. The highest BCUT2D eigenvalue weighted by Gasteiger charge is 2.09. The van der Waals surface area contributed by atoms with Crippen molar-refractivity contribution in [1.29, 1.82) is 0 Å². The van der Waals surface area contributed by atoms with E-state index >= 15 is 0 Å². The van der Waals surface area contributed by atoms with Crippen LogP contribution in [0.25, 0.3) is 10.9 Å². The molecule has 1 heterocycles. The van der Waals surface area contributed by atoms with E-state index in [1.54, 1.807) is 0 Å². The minimum absolute atomic E-state index is 0.864. The van der Waals surface area contributed by atoms with Gasteiger partial charge in [-0.3, -0.25) is 4.98 Å². The molecule has 2 heteroatoms. The van der Waals surface area contributed by atoms with Crippen molar-refractivity contribution in [3.8, 4) is 11.5 Å². The van der Waals surface area contributed by atoms with Crippen LogP contribution in [0.2, 0.25) is 0 Å². The van der Waals surface area contributed by atoms with Gasteiger partial charge in [0.2, 0.25) is 0 Å². The molecule has 0 radical (unpaired) electrons. The Morgan fingerprint density at radius 3 is 2.36 bits per heavy atom. The molecule has 2 aromatic carbocycles. The van der Waals surface area contributed by atoms with Gasteiger partial charge in [-0.2, -0.15) is 0 Å². The van der Waals surface area contributed by atoms with Crippen LogP contribution in [0.1, 0.15) is 29.3 Å². The summed E-state index contributed by atoms with van der Waals surface area (Å²) < 4.78 is 6.14. The fraction of sp³-hybridized carbons (Fsp3) is 0.250. The van der Waals surface area contributed by atoms with Crippen molar-refractivity contribution in [1.82, 2.24) is 4.98 Å². The van der Waals surface area contributed by atoms with E-state index in [2.05, 4.69) is 50.0 Å². The zero-order chi connectivity index (χ0) is 15.7. The molecule has 0 N–H and O–H groups in total. The monoisotopic (exact) mass is 291 g/mol. The second-order valence-electron chi connectivity index (χ2n) is 5.84. The number of nitrogens with zero attached hydrogens (tertiary/aromatic N) is 1. The number of rotatable bonds is 3. The molecular weight excluding hydrogens is 270 g/mol. The van der Waals surface area contributed by atoms with E-state index in [4.69, 9.17) is 4.74 Å². The van der Waals surface area contributed by atoms with Gasteiger partial charge in [0.25, 0.3) is 0 Å². The summed E-state index contributed by atoms with van der Waals surface area (Å²) in [5.74, 6) is 1.74. The van der Waals surface area contributed by atoms with Gasteiger partial charge in [-0.05, 0) is 62.1 Å². The third kappa shape index (κ3) is 2.82. The Morgan fingerprint density at radius 1 is 0.955 bits per heavy atom. The Hall–Kier alpha value is -2.35. The average molecular weight is 291 g/mol. The van der Waals surface area contributed by atoms with Gasteiger partial charge in [0, 0.05) is 17.1 Å². The van der Waals surface area contributed by atoms with Crippen LogP contribution in [-0.2, 0) is 6.42 Å². The Balaban J connectivity index is 2.09. The summed E-state index contributed by atoms with van der Waals surface area (Å²) in [6, 6.07) is 14.6. The van der Waals surface area contributed by atoms with E-state index in [0.717, 1.165) is 34.5 Å². The SMILES string of the molecule is CCc1ccc(Oc2cc(C)nc3c(C)cc(C)cc23)cc1. The predicted octanol–water partition coefficient (Wildman–Crippen LogP) is 5.51. The van der Waals surface area contributed by atoms with E-state index in [9.17, 15) is 0 Å². The van der Waals surface area contributed by atoms with Crippen LogP contribution < -0.4 is 4.74 Å². The molecule has 2 nitrogen and oxygen atoms in total. The number of hydrogen-bond acceptors (Lipinski definition) is 2. The van der Waals surface area contributed by atoms with E-state index < -0.39 is 0 Å². The first-order valence-electron chi connectivity index (χ1n) is 7.72. The standard InChI is InChI=1S/C20H21NO/c1-5-16-6-8-17(9-7-16)22-19-12-15(4)21-20-14(3)10-13(2)11-18(19)20/h6-12H,5H2,1-4H3. The van der Waals surface area contributed by atoms with Crippen LogP contribution in [0.4, 0.5) is 0 Å². The van der Waals surface area contributed by atoms with Gasteiger partial charge in [-0.1, -0.05) is 25.1 Å². The fourth-order valence-corrected chi connectivity index (χ4v) is 2.78. The molecular formula is C20H21NO. The summed E-state index contributed by atoms with van der Waals surface area (Å²) in [7, 11) is 0. The third-order valence-electron chi connectivity index (χ3n) is 3.90. The quantitative estimate of drug-likeness (QED) is 0.634. The molecule has 3 rings (SSSR count). The predicted molar refractivity (Wildman–Crippen MR) is 91.8 cm³/mol. The normalized spacial score (nSPS) is 10.9. The molecule has 112 valence electrons. The van der Waals surface area contributed by atoms with Crippen LogP contribution in [0.5, 0.6) is 11.5 Å². The molecule has 0 aliphatic rings. The zero-order valence-electron chi connectivity index (χ0n) is 13.6. The van der Waals surface area contributed by atoms with Crippen LogP contribution in [0, 0.1) is 20.8 Å². The van der Waals surface area contributed by atoms with Crippen molar-refractivity contribution < 1.29 is 4.74 Å². The molecule has 22 heavy (non-hydrogen) atoms. The molecule has 0 unspecified atom stereocenters. The third-order valence-corrected chi connectivity index (χ3v) is 3.90. The highest BCUT2D eigenvalue weighted by Crippen LogP contribution is 2.32. The second-order valence-corrected chi connectivity index (χ2v) is 5.84. The molecule has 0 saturated carbocycles. The second kappa shape index (κ2) is 5.80. The van der Waals surface area contributed by atoms with Crippen molar-refractivity contribution in [2.75, 3.05) is 0 Å². The maximum atomic E-state index is 6.14. The Bertz CT molecular complexity index is 819. The lowest BCUT2D eigenvalue weighted by Crippen LogP contribution is -1.93. The van der Waals surface area contributed by atoms with Gasteiger partial charge in [0.1, 0.15) is 11.5 Å². The molecule has 3 aromatic rings. The largest absolute Gasteiger partial charge is 0.457 e. The fourth-order valence-electron chi connectivity index (χ4n) is 2.78. The first-order chi connectivity index (χ1) is 10.6. The molecule has 1 aromatic heterocycles. The van der Waals surface area contributed by atoms with E-state index in [1.165, 1.54) is 16.7 Å². The molecule has 0 aliphatic heterocycles. The van der Waals surface area contributed by atoms with Crippen LogP contribution in [0.3, 0.4) is 0 Å². The van der Waals surface area contributed by atoms with Gasteiger partial charge in [0.05, 0.1) is 5.52 Å². The number of benzene rings is 2. The number of pyridine rings is 1. The van der Waals surface area contributed by atoms with Crippen molar-refractivity contribution in [3.05, 3.63) is 64.8 Å². The summed E-state index contributed by atoms with van der Waals surface area (Å²) in [5.41, 5.74) is 5.71. The maximum Gasteiger partial charge on any atom is 0.138 e. The summed E-state index contributed by atoms with van der Waals surface area (Å²) in [4.78, 5) is 4.67. The first kappa shape index (κ1) is 14.6. The Kier molecular flexibility index (Phi) is 3.84. The minimum atomic E-state index is 0.864. The molecule has 0 fully saturated rings. The van der Waals surface area contributed by atoms with E-state index in [-0.39, 0.29) is 0 Å². The lowest BCUT2D eigenvalue weighted by molar-refractivity contribution is 0.487. The zero-order valence-corrected chi connectivity index (χ0v) is 13.6. The average Bonchev–Trinajstić information content (AvgIpc) is 2.49. The van der Waals surface area contributed by atoms with Gasteiger partial charge in [-0.15, -0.1) is 0 Å². The highest BCUT2D eigenvalue weighted by atomic mass is 16.5. The van der Waals surface area contributed by atoms with E-state index in [0.29, 0.717) is 0 Å². The number of fused-ring (bicyclic) bond motifs is 1. The maximum absolute atomic E-state index is 6.14. The first-order valence-corrected chi connectivity index (χ1v) is 7.72. The number of ether oxygens (including phenoxy) is 1. The van der Waals surface area contributed by atoms with Crippen LogP contribution in [-0.4, -0.2) is 4.98 Å². The summed E-state index contributed by atoms with van der Waals surface area (Å²) in [6.07, 6.45) is 1.04. The van der Waals surface area contributed by atoms with Crippen LogP contribution >= 0.6 is 0 Å². The van der Waals surface area contributed by atoms with Gasteiger partial charge < -0.3 is 4.74 Å². The lowest BCUT2D eigenvalue weighted by atomic mass is 10.1. The molecule has 0 amide bonds. The number of aryl methyl sites for hydroxylation is 4.